The van der Waals surface area contributed by atoms with Crippen LogP contribution in [0.1, 0.15) is 25.0 Å². The number of carbonyl (C=O) groups is 4. The van der Waals surface area contributed by atoms with Gasteiger partial charge < -0.3 is 5.32 Å². The Morgan fingerprint density at radius 1 is 1.04 bits per heavy atom. The van der Waals surface area contributed by atoms with Crippen LogP contribution < -0.4 is 16.0 Å². The molecule has 26 heavy (non-hydrogen) atoms. The van der Waals surface area contributed by atoms with Crippen LogP contribution in [-0.2, 0) is 14.4 Å². The molecule has 0 spiro atoms. The highest BCUT2D eigenvalue weighted by molar-refractivity contribution is 6.32. The summed E-state index contributed by atoms with van der Waals surface area (Å²) >= 11 is 0. The van der Waals surface area contributed by atoms with Crippen LogP contribution in [0.15, 0.2) is 35.4 Å². The number of nitriles is 1. The number of benzene rings is 1. The van der Waals surface area contributed by atoms with Crippen molar-refractivity contribution in [2.24, 2.45) is 0 Å². The second-order valence-corrected chi connectivity index (χ2v) is 5.47. The number of rotatable bonds is 3. The Labute approximate surface area is 149 Å². The summed E-state index contributed by atoms with van der Waals surface area (Å²) in [6.07, 6.45) is 0. The third kappa shape index (κ3) is 3.37. The van der Waals surface area contributed by atoms with Gasteiger partial charge in [0.05, 0.1) is 0 Å². The maximum Gasteiger partial charge on any atom is 0.328 e. The molecule has 0 aliphatic carbocycles. The van der Waals surface area contributed by atoms with Crippen molar-refractivity contribution in [1.29, 1.82) is 5.26 Å². The number of hydrogen-bond donors (Lipinski definition) is 3. The fraction of sp³-hybridized carbons (Fsp3) is 0.167. The standard InChI is InChI=1S/C18H16N4O4/c1-9(13(8-19)15(23)20-3)11-6-4-5-7-12(11)10(2)14-16(24)21-18(26)22-17(14)25/h4-7H,1-3H3,(H,20,23)(H2,21,22,24,25,26)/b13-9+. The van der Waals surface area contributed by atoms with Gasteiger partial charge in [-0.15, -0.1) is 0 Å². The van der Waals surface area contributed by atoms with Gasteiger partial charge in [-0.25, -0.2) is 4.79 Å². The van der Waals surface area contributed by atoms with Crippen molar-refractivity contribution >= 4 is 34.9 Å². The van der Waals surface area contributed by atoms with Crippen LogP contribution in [0.3, 0.4) is 0 Å². The molecule has 3 N–H and O–H groups in total. The number of urea groups is 1. The molecule has 8 heteroatoms. The number of barbiturate groups is 1. The van der Waals surface area contributed by atoms with E-state index < -0.39 is 23.8 Å². The number of nitrogens with one attached hydrogen (secondary N) is 3. The number of hydrogen-bond acceptors (Lipinski definition) is 5. The molecule has 1 heterocycles. The normalized spacial score (nSPS) is 14.7. The van der Waals surface area contributed by atoms with Gasteiger partial charge in [0.1, 0.15) is 17.2 Å². The van der Waals surface area contributed by atoms with E-state index in [4.69, 9.17) is 0 Å². The van der Waals surface area contributed by atoms with E-state index in [-0.39, 0.29) is 11.1 Å². The van der Waals surface area contributed by atoms with Crippen LogP contribution in [0, 0.1) is 11.3 Å². The highest BCUT2D eigenvalue weighted by Gasteiger charge is 2.30. The fourth-order valence-electron chi connectivity index (χ4n) is 2.64. The molecule has 1 aliphatic heterocycles. The van der Waals surface area contributed by atoms with E-state index in [1.54, 1.807) is 38.1 Å². The van der Waals surface area contributed by atoms with Gasteiger partial charge >= 0.3 is 6.03 Å². The Kier molecular flexibility index (Phi) is 5.33. The Hall–Kier alpha value is -3.73. The third-order valence-electron chi connectivity index (χ3n) is 3.96. The summed E-state index contributed by atoms with van der Waals surface area (Å²) in [5.41, 5.74) is 1.45. The summed E-state index contributed by atoms with van der Waals surface area (Å²) in [6.45, 7) is 3.16. The molecule has 132 valence electrons. The van der Waals surface area contributed by atoms with E-state index in [9.17, 15) is 24.4 Å². The van der Waals surface area contributed by atoms with Crippen LogP contribution in [0.4, 0.5) is 4.79 Å². The zero-order chi connectivity index (χ0) is 19.4. The maximum absolute atomic E-state index is 12.1. The quantitative estimate of drug-likeness (QED) is 0.422. The van der Waals surface area contributed by atoms with Gasteiger partial charge in [-0.05, 0) is 36.1 Å². The van der Waals surface area contributed by atoms with Crippen LogP contribution in [-0.4, -0.2) is 30.8 Å². The minimum Gasteiger partial charge on any atom is -0.354 e. The van der Waals surface area contributed by atoms with Crippen molar-refractivity contribution in [3.63, 3.8) is 0 Å². The Balaban J connectivity index is 2.69. The zero-order valence-corrected chi connectivity index (χ0v) is 14.4. The molecule has 8 nitrogen and oxygen atoms in total. The summed E-state index contributed by atoms with van der Waals surface area (Å²) < 4.78 is 0. The Bertz CT molecular complexity index is 913. The molecule has 2 rings (SSSR count). The van der Waals surface area contributed by atoms with Crippen LogP contribution in [0.5, 0.6) is 0 Å². The van der Waals surface area contributed by atoms with Crippen molar-refractivity contribution in [2.45, 2.75) is 13.8 Å². The lowest BCUT2D eigenvalue weighted by molar-refractivity contribution is -0.124. The summed E-state index contributed by atoms with van der Waals surface area (Å²) in [6, 6.07) is 7.74. The molecule has 0 saturated carbocycles. The molecular formula is C18H16N4O4. The van der Waals surface area contributed by atoms with Crippen LogP contribution in [0.25, 0.3) is 11.1 Å². The molecule has 1 aliphatic rings. The molecule has 0 unspecified atom stereocenters. The number of nitrogens with zero attached hydrogens (tertiary/aromatic N) is 1. The van der Waals surface area contributed by atoms with Crippen molar-refractivity contribution in [1.82, 2.24) is 16.0 Å². The van der Waals surface area contributed by atoms with Gasteiger partial charge in [-0.1, -0.05) is 24.3 Å². The van der Waals surface area contributed by atoms with Crippen molar-refractivity contribution in [2.75, 3.05) is 7.05 Å². The first-order chi connectivity index (χ1) is 12.3. The summed E-state index contributed by atoms with van der Waals surface area (Å²) in [5.74, 6) is -2.15. The largest absolute Gasteiger partial charge is 0.354 e. The minimum atomic E-state index is -0.882. The second-order valence-electron chi connectivity index (χ2n) is 5.47. The number of likely N-dealkylation sites (N-methyl/N-ethyl adjacent to an activating group) is 1. The molecule has 1 aromatic carbocycles. The summed E-state index contributed by atoms with van der Waals surface area (Å²) in [5, 5.41) is 15.8. The fourth-order valence-corrected chi connectivity index (χ4v) is 2.64. The summed E-state index contributed by atoms with van der Waals surface area (Å²) in [4.78, 5) is 47.3. The van der Waals surface area contributed by atoms with E-state index in [1.165, 1.54) is 7.05 Å². The van der Waals surface area contributed by atoms with E-state index >= 15 is 0 Å². The molecule has 5 amide bonds. The average Bonchev–Trinajstić information content (AvgIpc) is 2.61. The highest BCUT2D eigenvalue weighted by atomic mass is 16.2. The predicted octanol–water partition coefficient (Wildman–Crippen LogP) is 0.869. The van der Waals surface area contributed by atoms with Gasteiger partial charge in [0.25, 0.3) is 17.7 Å². The molecule has 1 fully saturated rings. The van der Waals surface area contributed by atoms with Gasteiger partial charge in [-0.2, -0.15) is 5.26 Å². The zero-order valence-electron chi connectivity index (χ0n) is 14.4. The number of imide groups is 2. The van der Waals surface area contributed by atoms with Crippen LogP contribution in [0.2, 0.25) is 0 Å². The average molecular weight is 352 g/mol. The molecule has 0 atom stereocenters. The monoisotopic (exact) mass is 352 g/mol. The Morgan fingerprint density at radius 2 is 1.58 bits per heavy atom. The van der Waals surface area contributed by atoms with Crippen molar-refractivity contribution in [3.8, 4) is 6.07 Å². The predicted molar refractivity (Wildman–Crippen MR) is 93.0 cm³/mol. The van der Waals surface area contributed by atoms with E-state index in [1.807, 2.05) is 16.7 Å². The first-order valence-corrected chi connectivity index (χ1v) is 7.62. The molecule has 0 aromatic heterocycles. The SMILES string of the molecule is CNC(=O)/C(C#N)=C(\C)c1ccccc1C(C)=C1C(=O)NC(=O)NC1=O. The first-order valence-electron chi connectivity index (χ1n) is 7.62. The number of carbonyl (C=O) groups excluding carboxylic acids is 4. The molecular weight excluding hydrogens is 336 g/mol. The molecule has 0 bridgehead atoms. The topological polar surface area (TPSA) is 128 Å². The van der Waals surface area contributed by atoms with E-state index in [2.05, 4.69) is 5.32 Å². The lowest BCUT2D eigenvalue weighted by Crippen LogP contribution is -2.51. The molecule has 0 radical (unpaired) electrons. The van der Waals surface area contributed by atoms with E-state index in [0.29, 0.717) is 22.3 Å². The molecule has 1 saturated heterocycles. The highest BCUT2D eigenvalue weighted by Crippen LogP contribution is 2.29. The maximum atomic E-state index is 12.1. The second kappa shape index (κ2) is 7.44. The van der Waals surface area contributed by atoms with Crippen molar-refractivity contribution < 1.29 is 19.2 Å². The Morgan fingerprint density at radius 3 is 2.08 bits per heavy atom. The summed E-state index contributed by atoms with van der Waals surface area (Å²) in [7, 11) is 1.42. The van der Waals surface area contributed by atoms with Crippen LogP contribution >= 0.6 is 0 Å². The number of allylic oxidation sites excluding steroid dienone is 2. The minimum absolute atomic E-state index is 0.0783. The third-order valence-corrected chi connectivity index (χ3v) is 3.96. The lowest BCUT2D eigenvalue weighted by Gasteiger charge is -2.19. The van der Waals surface area contributed by atoms with E-state index in [0.717, 1.165) is 0 Å². The first kappa shape index (κ1) is 18.6. The molecule has 1 aromatic rings. The van der Waals surface area contributed by atoms with Gasteiger partial charge in [-0.3, -0.25) is 25.0 Å². The van der Waals surface area contributed by atoms with Gasteiger partial charge in [0.2, 0.25) is 0 Å². The smallest absolute Gasteiger partial charge is 0.328 e. The van der Waals surface area contributed by atoms with Gasteiger partial charge in [0, 0.05) is 7.05 Å². The van der Waals surface area contributed by atoms with Crippen molar-refractivity contribution in [3.05, 3.63) is 46.5 Å². The van der Waals surface area contributed by atoms with Gasteiger partial charge in [0.15, 0.2) is 0 Å². The lowest BCUT2D eigenvalue weighted by atomic mass is 9.90. The number of amides is 5.